The van der Waals surface area contributed by atoms with Crippen LogP contribution in [0.3, 0.4) is 0 Å². The number of hydrogen-bond donors (Lipinski definition) is 4. The minimum absolute atomic E-state index is 0.0849. The predicted octanol–water partition coefficient (Wildman–Crippen LogP) is 3.19. The van der Waals surface area contributed by atoms with Gasteiger partial charge in [-0.1, -0.05) is 85.3 Å². The number of ether oxygens (including phenoxy) is 4. The molecule has 2 unspecified atom stereocenters. The first-order chi connectivity index (χ1) is 24.3. The van der Waals surface area contributed by atoms with Crippen molar-refractivity contribution < 1.29 is 56.4 Å². The second-order valence-electron chi connectivity index (χ2n) is 10.8. The van der Waals surface area contributed by atoms with Crippen LogP contribution in [0.15, 0.2) is 94.8 Å². The van der Waals surface area contributed by atoms with Crippen LogP contribution in [0.1, 0.15) is 36.5 Å². The third-order valence-corrected chi connectivity index (χ3v) is 8.35. The largest absolute Gasteiger partial charge is 0.480 e. The van der Waals surface area contributed by atoms with E-state index < -0.39 is 78.2 Å². The highest BCUT2D eigenvalue weighted by Gasteiger charge is 2.28. The van der Waals surface area contributed by atoms with Gasteiger partial charge in [-0.05, 0) is 43.0 Å². The number of rotatable bonds is 16. The molecule has 4 N–H and O–H groups in total. The summed E-state index contributed by atoms with van der Waals surface area (Å²) in [4.78, 5) is 65.5. The molecule has 2 atom stereocenters. The van der Waals surface area contributed by atoms with E-state index in [1.54, 1.807) is 86.6 Å². The Morgan fingerprint density at radius 1 is 0.725 bits per heavy atom. The van der Waals surface area contributed by atoms with Crippen molar-refractivity contribution in [1.82, 2.24) is 15.4 Å². The number of sulfonamides is 1. The zero-order chi connectivity index (χ0) is 37.2. The summed E-state index contributed by atoms with van der Waals surface area (Å²) < 4.78 is 47.5. The lowest BCUT2D eigenvalue weighted by atomic mass is 10.1. The lowest BCUT2D eigenvalue weighted by Gasteiger charge is -2.20. The Hall–Kier alpha value is -5.81. The standard InChI is InChI=1S/C34H38N4O12S/c1-3-26(20-28(31(41)42)38-51(45,46)27-16-14-23(2)15-17-27)35-32(36-33(43)49-21-47-29(39)18-24-10-6-4-7-11-24)37-34(44)50-22-48-30(40)19-25-12-8-5-9-13-25/h4-17,26,28,38H,3,18-22H2,1-2H3,(H,41,42)(H2,35,36,37,43,44). The molecular weight excluding hydrogens is 688 g/mol. The van der Waals surface area contributed by atoms with Crippen LogP contribution in [0.2, 0.25) is 0 Å². The molecular formula is C34H38N4O12S. The number of aryl methyl sites for hydroxylation is 1. The highest BCUT2D eigenvalue weighted by molar-refractivity contribution is 7.89. The number of aliphatic carboxylic acids is 1. The van der Waals surface area contributed by atoms with Gasteiger partial charge in [-0.15, -0.1) is 0 Å². The minimum atomic E-state index is -4.26. The molecule has 3 aromatic carbocycles. The number of esters is 2. The Bertz CT molecular complexity index is 1690. The fourth-order valence-electron chi connectivity index (χ4n) is 4.22. The van der Waals surface area contributed by atoms with Crippen molar-refractivity contribution in [2.45, 2.75) is 56.5 Å². The summed E-state index contributed by atoms with van der Waals surface area (Å²) in [6.07, 6.45) is -2.94. The van der Waals surface area contributed by atoms with Gasteiger partial charge in [-0.25, -0.2) is 23.0 Å². The molecule has 0 radical (unpaired) electrons. The summed E-state index contributed by atoms with van der Waals surface area (Å²) >= 11 is 0. The molecule has 0 saturated carbocycles. The number of aliphatic imine (C=N–C) groups is 1. The zero-order valence-corrected chi connectivity index (χ0v) is 28.6. The highest BCUT2D eigenvalue weighted by Crippen LogP contribution is 2.14. The van der Waals surface area contributed by atoms with Crippen molar-refractivity contribution in [2.24, 2.45) is 4.99 Å². The van der Waals surface area contributed by atoms with Gasteiger partial charge in [-0.3, -0.25) is 25.0 Å². The molecule has 0 spiro atoms. The van der Waals surface area contributed by atoms with Crippen LogP contribution < -0.4 is 15.4 Å². The number of carbonyl (C=O) groups excluding carboxylic acids is 4. The quantitative estimate of drug-likeness (QED) is 0.0723. The van der Waals surface area contributed by atoms with E-state index in [-0.39, 0.29) is 24.2 Å². The number of nitrogens with zero attached hydrogens (tertiary/aromatic N) is 1. The van der Waals surface area contributed by atoms with Gasteiger partial charge >= 0.3 is 30.1 Å². The molecule has 0 aromatic heterocycles. The van der Waals surface area contributed by atoms with Crippen LogP contribution in [0.4, 0.5) is 9.59 Å². The van der Waals surface area contributed by atoms with Crippen LogP contribution in [-0.4, -0.2) is 75.2 Å². The molecule has 0 aliphatic rings. The van der Waals surface area contributed by atoms with Gasteiger partial charge in [0.2, 0.25) is 29.6 Å². The van der Waals surface area contributed by atoms with Crippen LogP contribution in [-0.2, 0) is 56.2 Å². The number of hydrogen-bond acceptors (Lipinski definition) is 12. The number of carboxylic acid groups (broad SMARTS) is 1. The molecule has 0 fully saturated rings. The van der Waals surface area contributed by atoms with Crippen molar-refractivity contribution >= 4 is 46.1 Å². The third kappa shape index (κ3) is 14.7. The first-order valence-electron chi connectivity index (χ1n) is 15.5. The van der Waals surface area contributed by atoms with Gasteiger partial charge in [0.15, 0.2) is 0 Å². The molecule has 0 heterocycles. The summed E-state index contributed by atoms with van der Waals surface area (Å²) in [5.41, 5.74) is 2.13. The SMILES string of the molecule is CCC(CC(NS(=O)(=O)c1ccc(C)cc1)C(=O)O)N=C(NC(=O)OCOC(=O)Cc1ccccc1)NC(=O)OCOC(=O)Cc1ccccc1. The van der Waals surface area contributed by atoms with E-state index in [4.69, 9.17) is 18.9 Å². The first kappa shape index (κ1) is 39.6. The van der Waals surface area contributed by atoms with Crippen LogP contribution in [0.25, 0.3) is 0 Å². The minimum Gasteiger partial charge on any atom is -0.480 e. The Balaban J connectivity index is 1.67. The molecule has 0 aliphatic heterocycles. The molecule has 3 aromatic rings. The number of amides is 2. The van der Waals surface area contributed by atoms with E-state index in [1.807, 2.05) is 0 Å². The number of carboxylic acids is 1. The summed E-state index contributed by atoms with van der Waals surface area (Å²) in [6, 6.07) is 20.4. The number of guanidine groups is 1. The summed E-state index contributed by atoms with van der Waals surface area (Å²) in [5.74, 6) is -3.47. The number of nitrogens with one attached hydrogen (secondary N) is 3. The summed E-state index contributed by atoms with van der Waals surface area (Å²) in [6.45, 7) is 1.77. The second kappa shape index (κ2) is 20.0. The second-order valence-corrected chi connectivity index (χ2v) is 12.5. The molecule has 272 valence electrons. The van der Waals surface area contributed by atoms with Gasteiger partial charge in [0.25, 0.3) is 0 Å². The van der Waals surface area contributed by atoms with Gasteiger partial charge in [-0.2, -0.15) is 4.72 Å². The van der Waals surface area contributed by atoms with Crippen molar-refractivity contribution in [2.75, 3.05) is 13.6 Å². The van der Waals surface area contributed by atoms with E-state index in [0.717, 1.165) is 5.56 Å². The Labute approximate surface area is 294 Å². The monoisotopic (exact) mass is 726 g/mol. The maximum atomic E-state index is 12.9. The van der Waals surface area contributed by atoms with Crippen molar-refractivity contribution in [1.29, 1.82) is 0 Å². The predicted molar refractivity (Wildman–Crippen MR) is 180 cm³/mol. The van der Waals surface area contributed by atoms with Gasteiger partial charge in [0.1, 0.15) is 6.04 Å². The number of carbonyl (C=O) groups is 5. The molecule has 16 nitrogen and oxygen atoms in total. The molecule has 0 saturated heterocycles. The average molecular weight is 727 g/mol. The number of benzene rings is 3. The lowest BCUT2D eigenvalue weighted by Crippen LogP contribution is -2.46. The average Bonchev–Trinajstić information content (AvgIpc) is 3.08. The van der Waals surface area contributed by atoms with Crippen molar-refractivity contribution in [3.63, 3.8) is 0 Å². The molecule has 51 heavy (non-hydrogen) atoms. The Morgan fingerprint density at radius 2 is 1.20 bits per heavy atom. The number of alkyl carbamates (subject to hydrolysis) is 2. The van der Waals surface area contributed by atoms with Crippen molar-refractivity contribution in [3.05, 3.63) is 102 Å². The van der Waals surface area contributed by atoms with E-state index in [9.17, 15) is 37.5 Å². The van der Waals surface area contributed by atoms with E-state index >= 15 is 0 Å². The molecule has 0 aliphatic carbocycles. The lowest BCUT2D eigenvalue weighted by molar-refractivity contribution is -0.152. The normalized spacial score (nSPS) is 12.0. The molecule has 0 bridgehead atoms. The fourth-order valence-corrected chi connectivity index (χ4v) is 5.43. The summed E-state index contributed by atoms with van der Waals surface area (Å²) in [5, 5.41) is 14.1. The van der Waals surface area contributed by atoms with Gasteiger partial charge in [0.05, 0.1) is 23.8 Å². The van der Waals surface area contributed by atoms with E-state index in [1.165, 1.54) is 12.1 Å². The highest BCUT2D eigenvalue weighted by atomic mass is 32.2. The van der Waals surface area contributed by atoms with Gasteiger partial charge < -0.3 is 24.1 Å². The topological polar surface area (TPSA) is 225 Å². The molecule has 17 heteroatoms. The fraction of sp³-hybridized carbons (Fsp3) is 0.294. The van der Waals surface area contributed by atoms with E-state index in [0.29, 0.717) is 11.1 Å². The smallest absolute Gasteiger partial charge is 0.416 e. The first-order valence-corrected chi connectivity index (χ1v) is 17.0. The van der Waals surface area contributed by atoms with Crippen LogP contribution in [0, 0.1) is 6.92 Å². The van der Waals surface area contributed by atoms with E-state index in [2.05, 4.69) is 20.3 Å². The third-order valence-electron chi connectivity index (χ3n) is 6.86. The maximum absolute atomic E-state index is 12.9. The zero-order valence-electron chi connectivity index (χ0n) is 27.8. The molecule has 3 rings (SSSR count). The Kier molecular flexibility index (Phi) is 15.5. The van der Waals surface area contributed by atoms with Crippen LogP contribution >= 0.6 is 0 Å². The van der Waals surface area contributed by atoms with Crippen molar-refractivity contribution in [3.8, 4) is 0 Å². The maximum Gasteiger partial charge on any atom is 0.416 e. The Morgan fingerprint density at radius 3 is 1.63 bits per heavy atom. The van der Waals surface area contributed by atoms with Crippen LogP contribution in [0.5, 0.6) is 0 Å². The van der Waals surface area contributed by atoms with Gasteiger partial charge in [0, 0.05) is 0 Å². The molecule has 2 amide bonds. The summed E-state index contributed by atoms with van der Waals surface area (Å²) in [7, 11) is -4.26.